The summed E-state index contributed by atoms with van der Waals surface area (Å²) < 4.78 is 13.3. The van der Waals surface area contributed by atoms with Gasteiger partial charge in [0.05, 0.1) is 25.3 Å². The van der Waals surface area contributed by atoms with E-state index >= 15 is 0 Å². The summed E-state index contributed by atoms with van der Waals surface area (Å²) in [6.45, 7) is 5.08. The van der Waals surface area contributed by atoms with Gasteiger partial charge in [0.15, 0.2) is 11.6 Å². The summed E-state index contributed by atoms with van der Waals surface area (Å²) in [5.41, 5.74) is 6.79. The summed E-state index contributed by atoms with van der Waals surface area (Å²) in [5.74, 6) is 0.815. The van der Waals surface area contributed by atoms with Crippen molar-refractivity contribution in [3.05, 3.63) is 82.4 Å². The van der Waals surface area contributed by atoms with Crippen LogP contribution in [0.1, 0.15) is 50.1 Å². The van der Waals surface area contributed by atoms with Gasteiger partial charge in [-0.2, -0.15) is 0 Å². The Morgan fingerprint density at radius 3 is 2.42 bits per heavy atom. The molecule has 1 atom stereocenters. The molecular formula is C27H35ClN6O4. The van der Waals surface area contributed by atoms with Crippen molar-refractivity contribution in [2.75, 3.05) is 13.2 Å². The number of ether oxygens (including phenoxy) is 2. The molecule has 0 radical (unpaired) electrons. The normalized spacial score (nSPS) is 13.7. The predicted octanol–water partition coefficient (Wildman–Crippen LogP) is 3.83. The Kier molecular flexibility index (Phi) is 9.84. The molecule has 3 aromatic rings. The van der Waals surface area contributed by atoms with E-state index in [1.54, 1.807) is 30.9 Å². The van der Waals surface area contributed by atoms with Gasteiger partial charge in [0.25, 0.3) is 0 Å². The Balaban J connectivity index is 0.00000400. The summed E-state index contributed by atoms with van der Waals surface area (Å²) in [7, 11) is 0. The number of benzene rings is 2. The Bertz CT molecular complexity index is 1210. The average molecular weight is 543 g/mol. The SMILES string of the molecule is C.CC(C)(N)C(=O)N[C@H](COCc1ccccc1)c1nnc2n1CCN(C(=O)OCc1ccc(Cl)cc1)C2. The van der Waals surface area contributed by atoms with Crippen molar-refractivity contribution in [3.63, 3.8) is 0 Å². The number of halogens is 1. The summed E-state index contributed by atoms with van der Waals surface area (Å²) >= 11 is 5.91. The molecule has 10 nitrogen and oxygen atoms in total. The van der Waals surface area contributed by atoms with Gasteiger partial charge in [0, 0.05) is 18.1 Å². The van der Waals surface area contributed by atoms with Crippen LogP contribution in [0.15, 0.2) is 54.6 Å². The molecule has 1 aliphatic heterocycles. The van der Waals surface area contributed by atoms with Crippen LogP contribution in [0.2, 0.25) is 5.02 Å². The molecule has 0 fully saturated rings. The molecule has 38 heavy (non-hydrogen) atoms. The highest BCUT2D eigenvalue weighted by Crippen LogP contribution is 2.20. The van der Waals surface area contributed by atoms with Crippen LogP contribution in [-0.2, 0) is 40.6 Å². The molecule has 0 bridgehead atoms. The maximum atomic E-state index is 12.7. The third-order valence-corrected chi connectivity index (χ3v) is 6.17. The number of carbonyl (C=O) groups excluding carboxylic acids is 2. The molecule has 1 aliphatic rings. The van der Waals surface area contributed by atoms with Crippen molar-refractivity contribution >= 4 is 23.6 Å². The fourth-order valence-electron chi connectivity index (χ4n) is 3.80. The topological polar surface area (TPSA) is 125 Å². The minimum absolute atomic E-state index is 0. The molecule has 0 aliphatic carbocycles. The lowest BCUT2D eigenvalue weighted by molar-refractivity contribution is -0.126. The molecule has 204 valence electrons. The largest absolute Gasteiger partial charge is 0.445 e. The van der Waals surface area contributed by atoms with E-state index in [2.05, 4.69) is 15.5 Å². The van der Waals surface area contributed by atoms with Gasteiger partial charge >= 0.3 is 6.09 Å². The van der Waals surface area contributed by atoms with Crippen molar-refractivity contribution < 1.29 is 19.1 Å². The molecule has 1 aromatic heterocycles. The number of nitrogens with zero attached hydrogens (tertiary/aromatic N) is 4. The van der Waals surface area contributed by atoms with Gasteiger partial charge in [-0.15, -0.1) is 10.2 Å². The highest BCUT2D eigenvalue weighted by atomic mass is 35.5. The van der Waals surface area contributed by atoms with E-state index < -0.39 is 17.7 Å². The fourth-order valence-corrected chi connectivity index (χ4v) is 3.93. The molecule has 2 heterocycles. The molecular weight excluding hydrogens is 508 g/mol. The lowest BCUT2D eigenvalue weighted by Crippen LogP contribution is -2.51. The zero-order chi connectivity index (χ0) is 26.4. The monoisotopic (exact) mass is 542 g/mol. The first kappa shape index (κ1) is 29.1. The number of fused-ring (bicyclic) bond motifs is 1. The average Bonchev–Trinajstić information content (AvgIpc) is 3.31. The van der Waals surface area contributed by atoms with Gasteiger partial charge < -0.3 is 25.1 Å². The molecule has 3 N–H and O–H groups in total. The zero-order valence-electron chi connectivity index (χ0n) is 20.9. The highest BCUT2D eigenvalue weighted by molar-refractivity contribution is 6.30. The zero-order valence-corrected chi connectivity index (χ0v) is 21.6. The molecule has 2 amide bonds. The standard InChI is InChI=1S/C26H31ClN6O4.CH4/c1-26(2,28)24(34)29-21(17-36-15-18-6-4-3-5-7-18)23-31-30-22-14-32(12-13-33(22)23)25(35)37-16-19-8-10-20(27)11-9-19;/h3-11,21H,12-17,28H2,1-2H3,(H,29,34);1H4/t21-;/m1./s1. The Hall–Kier alpha value is -3.47. The van der Waals surface area contributed by atoms with E-state index in [9.17, 15) is 9.59 Å². The first-order valence-corrected chi connectivity index (χ1v) is 12.4. The van der Waals surface area contributed by atoms with Gasteiger partial charge in [0.2, 0.25) is 5.91 Å². The Morgan fingerprint density at radius 2 is 1.74 bits per heavy atom. The number of nitrogens with one attached hydrogen (secondary N) is 1. The number of amides is 2. The molecule has 11 heteroatoms. The van der Waals surface area contributed by atoms with Crippen LogP contribution in [0.3, 0.4) is 0 Å². The summed E-state index contributed by atoms with van der Waals surface area (Å²) in [6.07, 6.45) is -0.438. The van der Waals surface area contributed by atoms with Crippen LogP contribution in [0.5, 0.6) is 0 Å². The molecule has 0 saturated carbocycles. The quantitative estimate of drug-likeness (QED) is 0.421. The van der Waals surface area contributed by atoms with E-state index in [0.29, 0.717) is 36.4 Å². The highest BCUT2D eigenvalue weighted by Gasteiger charge is 2.31. The third kappa shape index (κ3) is 7.53. The van der Waals surface area contributed by atoms with E-state index in [4.69, 9.17) is 26.8 Å². The van der Waals surface area contributed by atoms with Crippen molar-refractivity contribution in [2.45, 2.75) is 59.2 Å². The lowest BCUT2D eigenvalue weighted by atomic mass is 10.1. The van der Waals surface area contributed by atoms with Crippen LogP contribution in [0.25, 0.3) is 0 Å². The van der Waals surface area contributed by atoms with Crippen LogP contribution < -0.4 is 11.1 Å². The van der Waals surface area contributed by atoms with Crippen molar-refractivity contribution in [1.82, 2.24) is 25.0 Å². The van der Waals surface area contributed by atoms with Crippen molar-refractivity contribution in [3.8, 4) is 0 Å². The Labute approximate surface area is 228 Å². The van der Waals surface area contributed by atoms with Crippen LogP contribution >= 0.6 is 11.6 Å². The van der Waals surface area contributed by atoms with Gasteiger partial charge in [-0.3, -0.25) is 9.69 Å². The number of hydrogen-bond donors (Lipinski definition) is 2. The van der Waals surface area contributed by atoms with Gasteiger partial charge in [0.1, 0.15) is 12.6 Å². The lowest BCUT2D eigenvalue weighted by Gasteiger charge is -2.29. The number of aromatic nitrogens is 3. The van der Waals surface area contributed by atoms with Crippen LogP contribution in [-0.4, -0.2) is 50.4 Å². The summed E-state index contributed by atoms with van der Waals surface area (Å²) in [6, 6.07) is 16.3. The maximum absolute atomic E-state index is 12.7. The first-order valence-electron chi connectivity index (χ1n) is 12.0. The van der Waals surface area contributed by atoms with Gasteiger partial charge in [-0.1, -0.05) is 61.5 Å². The minimum Gasteiger partial charge on any atom is -0.445 e. The second-order valence-corrected chi connectivity index (χ2v) is 9.91. The molecule has 4 rings (SSSR count). The van der Waals surface area contributed by atoms with Crippen LogP contribution in [0, 0.1) is 0 Å². The minimum atomic E-state index is -1.08. The summed E-state index contributed by atoms with van der Waals surface area (Å²) in [4.78, 5) is 26.9. The third-order valence-electron chi connectivity index (χ3n) is 5.91. The number of rotatable bonds is 9. The molecule has 0 unspecified atom stereocenters. The smallest absolute Gasteiger partial charge is 0.410 e. The number of hydrogen-bond acceptors (Lipinski definition) is 7. The van der Waals surface area contributed by atoms with E-state index in [0.717, 1.165) is 11.1 Å². The van der Waals surface area contributed by atoms with Gasteiger partial charge in [-0.25, -0.2) is 4.79 Å². The van der Waals surface area contributed by atoms with Crippen molar-refractivity contribution in [1.29, 1.82) is 0 Å². The van der Waals surface area contributed by atoms with Crippen molar-refractivity contribution in [2.24, 2.45) is 5.73 Å². The second-order valence-electron chi connectivity index (χ2n) is 9.48. The molecule has 0 spiro atoms. The van der Waals surface area contributed by atoms with E-state index in [1.807, 2.05) is 47.0 Å². The van der Waals surface area contributed by atoms with Gasteiger partial charge in [-0.05, 0) is 37.1 Å². The second kappa shape index (κ2) is 12.9. The number of carbonyl (C=O) groups is 2. The maximum Gasteiger partial charge on any atom is 0.410 e. The fraction of sp³-hybridized carbons (Fsp3) is 0.407. The molecule has 0 saturated heterocycles. The van der Waals surface area contributed by atoms with E-state index in [1.165, 1.54) is 0 Å². The van der Waals surface area contributed by atoms with E-state index in [-0.39, 0.29) is 33.1 Å². The summed E-state index contributed by atoms with van der Waals surface area (Å²) in [5, 5.41) is 12.2. The molecule has 2 aromatic carbocycles. The van der Waals surface area contributed by atoms with Crippen LogP contribution in [0.4, 0.5) is 4.79 Å². The predicted molar refractivity (Wildman–Crippen MR) is 144 cm³/mol. The first-order chi connectivity index (χ1) is 17.7. The Morgan fingerprint density at radius 1 is 1.05 bits per heavy atom. The number of nitrogens with two attached hydrogens (primary N) is 1.